The van der Waals surface area contributed by atoms with Crippen LogP contribution in [0.15, 0.2) is 60.7 Å². The lowest BCUT2D eigenvalue weighted by Gasteiger charge is -2.30. The van der Waals surface area contributed by atoms with Gasteiger partial charge in [-0.25, -0.2) is 0 Å². The highest BCUT2D eigenvalue weighted by Crippen LogP contribution is 2.37. The number of benzene rings is 2. The SMILES string of the molecule is C[C](C)[CH+]CC(CO)(c1ccccc1)c1ccccc1. The Bertz CT molecular complexity index is 462. The molecule has 1 radical (unpaired) electrons. The third-order valence-corrected chi connectivity index (χ3v) is 3.78. The fourth-order valence-electron chi connectivity index (χ4n) is 2.54. The molecule has 2 rings (SSSR count). The molecule has 0 saturated heterocycles. The number of hydrogen-bond donors (Lipinski definition) is 1. The molecule has 0 saturated carbocycles. The highest BCUT2D eigenvalue weighted by atomic mass is 16.3. The Morgan fingerprint density at radius 2 is 1.35 bits per heavy atom. The molecular formula is C19H22O+. The molecule has 0 bridgehead atoms. The lowest BCUT2D eigenvalue weighted by atomic mass is 9.71. The number of aliphatic hydroxyl groups excluding tert-OH is 1. The molecular weight excluding hydrogens is 244 g/mol. The predicted molar refractivity (Wildman–Crippen MR) is 84.3 cm³/mol. The van der Waals surface area contributed by atoms with Gasteiger partial charge in [0.05, 0.1) is 18.4 Å². The Balaban J connectivity index is 2.46. The van der Waals surface area contributed by atoms with Gasteiger partial charge >= 0.3 is 0 Å². The zero-order valence-electron chi connectivity index (χ0n) is 12.2. The first kappa shape index (κ1) is 14.7. The van der Waals surface area contributed by atoms with Gasteiger partial charge in [0, 0.05) is 0 Å². The van der Waals surface area contributed by atoms with E-state index >= 15 is 0 Å². The Hall–Kier alpha value is -1.73. The van der Waals surface area contributed by atoms with Crippen LogP contribution >= 0.6 is 0 Å². The molecule has 0 unspecified atom stereocenters. The summed E-state index contributed by atoms with van der Waals surface area (Å²) >= 11 is 0. The van der Waals surface area contributed by atoms with Crippen molar-refractivity contribution in [3.8, 4) is 0 Å². The molecule has 0 amide bonds. The minimum Gasteiger partial charge on any atom is -0.395 e. The monoisotopic (exact) mass is 266 g/mol. The average Bonchev–Trinajstić information content (AvgIpc) is 2.50. The molecule has 1 heteroatoms. The highest BCUT2D eigenvalue weighted by molar-refractivity contribution is 5.40. The van der Waals surface area contributed by atoms with Crippen LogP contribution in [-0.2, 0) is 5.41 Å². The van der Waals surface area contributed by atoms with E-state index in [-0.39, 0.29) is 12.0 Å². The van der Waals surface area contributed by atoms with E-state index in [9.17, 15) is 5.11 Å². The van der Waals surface area contributed by atoms with Crippen molar-refractivity contribution in [1.29, 1.82) is 0 Å². The third-order valence-electron chi connectivity index (χ3n) is 3.78. The number of aliphatic hydroxyl groups is 1. The topological polar surface area (TPSA) is 20.2 Å². The van der Waals surface area contributed by atoms with Crippen LogP contribution in [0.25, 0.3) is 0 Å². The van der Waals surface area contributed by atoms with Crippen molar-refractivity contribution in [3.05, 3.63) is 84.1 Å². The van der Waals surface area contributed by atoms with Crippen LogP contribution in [0.5, 0.6) is 0 Å². The normalized spacial score (nSPS) is 11.6. The number of rotatable bonds is 6. The quantitative estimate of drug-likeness (QED) is 0.778. The second-order valence-electron chi connectivity index (χ2n) is 5.46. The summed E-state index contributed by atoms with van der Waals surface area (Å²) in [5, 5.41) is 10.2. The molecule has 0 aliphatic carbocycles. The first-order chi connectivity index (χ1) is 9.69. The Morgan fingerprint density at radius 1 is 0.900 bits per heavy atom. The molecule has 0 aromatic heterocycles. The van der Waals surface area contributed by atoms with E-state index in [4.69, 9.17) is 0 Å². The molecule has 1 N–H and O–H groups in total. The van der Waals surface area contributed by atoms with Crippen molar-refractivity contribution in [1.82, 2.24) is 0 Å². The van der Waals surface area contributed by atoms with E-state index in [2.05, 4.69) is 44.5 Å². The van der Waals surface area contributed by atoms with Gasteiger partial charge in [0.25, 0.3) is 0 Å². The van der Waals surface area contributed by atoms with E-state index in [1.54, 1.807) is 0 Å². The lowest BCUT2D eigenvalue weighted by Crippen LogP contribution is -2.32. The molecule has 0 aliphatic heterocycles. The molecule has 0 aliphatic rings. The van der Waals surface area contributed by atoms with Gasteiger partial charge in [-0.05, 0) is 25.0 Å². The summed E-state index contributed by atoms with van der Waals surface area (Å²) < 4.78 is 0. The van der Waals surface area contributed by atoms with Gasteiger partial charge in [0.15, 0.2) is 0 Å². The summed E-state index contributed by atoms with van der Waals surface area (Å²) in [6, 6.07) is 20.6. The van der Waals surface area contributed by atoms with Crippen LogP contribution in [0, 0.1) is 12.3 Å². The summed E-state index contributed by atoms with van der Waals surface area (Å²) in [5.74, 6) is 1.27. The third kappa shape index (κ3) is 3.05. The summed E-state index contributed by atoms with van der Waals surface area (Å²) in [7, 11) is 0. The van der Waals surface area contributed by atoms with E-state index in [0.717, 1.165) is 17.5 Å². The van der Waals surface area contributed by atoms with Gasteiger partial charge in [0.1, 0.15) is 12.3 Å². The number of hydrogen-bond acceptors (Lipinski definition) is 1. The minimum absolute atomic E-state index is 0.102. The first-order valence-corrected chi connectivity index (χ1v) is 7.04. The molecule has 0 heterocycles. The standard InChI is InChI=1S/C19H22O/c1-16(2)13-14-19(15-20,17-9-5-3-6-10-17)18-11-7-4-8-12-18/h3-13,20H,14-15H2,1-2H3/q+1. The molecule has 2 aromatic rings. The van der Waals surface area contributed by atoms with E-state index in [1.165, 1.54) is 5.92 Å². The van der Waals surface area contributed by atoms with Crippen LogP contribution in [-0.4, -0.2) is 11.7 Å². The van der Waals surface area contributed by atoms with Crippen LogP contribution in [0.4, 0.5) is 0 Å². The van der Waals surface area contributed by atoms with Crippen molar-refractivity contribution in [2.75, 3.05) is 6.61 Å². The van der Waals surface area contributed by atoms with Gasteiger partial charge < -0.3 is 5.11 Å². The second-order valence-corrected chi connectivity index (χ2v) is 5.46. The lowest BCUT2D eigenvalue weighted by molar-refractivity contribution is 0.217. The largest absolute Gasteiger partial charge is 0.395 e. The zero-order chi connectivity index (χ0) is 14.4. The van der Waals surface area contributed by atoms with Crippen LogP contribution in [0.3, 0.4) is 0 Å². The molecule has 0 atom stereocenters. The van der Waals surface area contributed by atoms with E-state index in [1.807, 2.05) is 36.4 Å². The summed E-state index contributed by atoms with van der Waals surface area (Å²) in [6.45, 7) is 4.29. The molecule has 103 valence electrons. The van der Waals surface area contributed by atoms with Gasteiger partial charge in [0.2, 0.25) is 0 Å². The Labute approximate surface area is 122 Å². The van der Waals surface area contributed by atoms with E-state index < -0.39 is 0 Å². The predicted octanol–water partition coefficient (Wildman–Crippen LogP) is 4.17. The molecule has 0 fully saturated rings. The van der Waals surface area contributed by atoms with Crippen molar-refractivity contribution >= 4 is 0 Å². The second kappa shape index (κ2) is 6.62. The van der Waals surface area contributed by atoms with Gasteiger partial charge in [-0.2, -0.15) is 0 Å². The Kier molecular flexibility index (Phi) is 4.86. The molecule has 20 heavy (non-hydrogen) atoms. The molecule has 2 aromatic carbocycles. The minimum atomic E-state index is -0.361. The Morgan fingerprint density at radius 3 is 1.70 bits per heavy atom. The average molecular weight is 266 g/mol. The zero-order valence-corrected chi connectivity index (χ0v) is 12.2. The van der Waals surface area contributed by atoms with Crippen molar-refractivity contribution in [3.63, 3.8) is 0 Å². The van der Waals surface area contributed by atoms with Crippen LogP contribution in [0.2, 0.25) is 0 Å². The summed E-state index contributed by atoms with van der Waals surface area (Å²) in [5.41, 5.74) is 1.96. The maximum Gasteiger partial charge on any atom is 0.147 e. The molecule has 1 nitrogen and oxygen atoms in total. The first-order valence-electron chi connectivity index (χ1n) is 7.04. The maximum absolute atomic E-state index is 10.2. The van der Waals surface area contributed by atoms with Crippen molar-refractivity contribution < 1.29 is 5.11 Å². The van der Waals surface area contributed by atoms with Crippen LogP contribution in [0.1, 0.15) is 31.4 Å². The van der Waals surface area contributed by atoms with E-state index in [0.29, 0.717) is 0 Å². The smallest absolute Gasteiger partial charge is 0.147 e. The maximum atomic E-state index is 10.2. The fourth-order valence-corrected chi connectivity index (χ4v) is 2.54. The fraction of sp³-hybridized carbons (Fsp3) is 0.263. The van der Waals surface area contributed by atoms with Crippen molar-refractivity contribution in [2.45, 2.75) is 25.7 Å². The van der Waals surface area contributed by atoms with Crippen LogP contribution < -0.4 is 0 Å². The summed E-state index contributed by atoms with van der Waals surface area (Å²) in [6.07, 6.45) is 3.01. The van der Waals surface area contributed by atoms with Crippen molar-refractivity contribution in [2.24, 2.45) is 0 Å². The molecule has 0 spiro atoms. The van der Waals surface area contributed by atoms with Gasteiger partial charge in [-0.15, -0.1) is 0 Å². The summed E-state index contributed by atoms with van der Waals surface area (Å²) in [4.78, 5) is 0. The van der Waals surface area contributed by atoms with Gasteiger partial charge in [-0.1, -0.05) is 60.7 Å². The van der Waals surface area contributed by atoms with Gasteiger partial charge in [-0.3, -0.25) is 0 Å². The highest BCUT2D eigenvalue weighted by Gasteiger charge is 2.37.